The Bertz CT molecular complexity index is 703. The second kappa shape index (κ2) is 4.23. The highest BCUT2D eigenvalue weighted by molar-refractivity contribution is 5.93. The largest absolute Gasteiger partial charge is 0.258 e. The first kappa shape index (κ1) is 12.0. The third-order valence-corrected chi connectivity index (χ3v) is 3.26. The van der Waals surface area contributed by atoms with E-state index in [1.165, 1.54) is 16.6 Å². The molecular weight excluding hydrogens is 232 g/mol. The van der Waals surface area contributed by atoms with Gasteiger partial charge in [-0.15, -0.1) is 0 Å². The molecule has 0 amide bonds. The van der Waals surface area contributed by atoms with Crippen molar-refractivity contribution in [1.82, 2.24) is 9.78 Å². The topological polar surface area (TPSA) is 17.8 Å². The summed E-state index contributed by atoms with van der Waals surface area (Å²) in [5.41, 5.74) is 3.43. The maximum absolute atomic E-state index is 4.78. The van der Waals surface area contributed by atoms with E-state index >= 15 is 0 Å². The SMILES string of the molecule is CC(C)(C)n1nc2ccccc2c1-c1ccccc1. The van der Waals surface area contributed by atoms with Gasteiger partial charge in [-0.05, 0) is 26.8 Å². The Labute approximate surface area is 113 Å². The first-order valence-electron chi connectivity index (χ1n) is 6.61. The van der Waals surface area contributed by atoms with Crippen LogP contribution < -0.4 is 0 Å². The van der Waals surface area contributed by atoms with Gasteiger partial charge in [-0.1, -0.05) is 48.5 Å². The van der Waals surface area contributed by atoms with E-state index in [9.17, 15) is 0 Å². The Balaban J connectivity index is 2.38. The minimum absolute atomic E-state index is 0.0375. The van der Waals surface area contributed by atoms with Crippen LogP contribution in [0.2, 0.25) is 0 Å². The summed E-state index contributed by atoms with van der Waals surface area (Å²) in [6, 6.07) is 18.8. The van der Waals surface area contributed by atoms with Crippen LogP contribution in [0.5, 0.6) is 0 Å². The first-order chi connectivity index (χ1) is 9.07. The van der Waals surface area contributed by atoms with Crippen molar-refractivity contribution >= 4 is 10.9 Å². The van der Waals surface area contributed by atoms with Crippen molar-refractivity contribution in [3.05, 3.63) is 54.6 Å². The fourth-order valence-corrected chi connectivity index (χ4v) is 2.39. The highest BCUT2D eigenvalue weighted by Crippen LogP contribution is 2.32. The second-order valence-corrected chi connectivity index (χ2v) is 5.81. The molecule has 1 heterocycles. The molecule has 2 nitrogen and oxygen atoms in total. The van der Waals surface area contributed by atoms with Gasteiger partial charge in [0.15, 0.2) is 0 Å². The molecule has 0 fully saturated rings. The lowest BCUT2D eigenvalue weighted by Gasteiger charge is -2.22. The zero-order valence-electron chi connectivity index (χ0n) is 11.6. The highest BCUT2D eigenvalue weighted by Gasteiger charge is 2.21. The van der Waals surface area contributed by atoms with Gasteiger partial charge in [0.25, 0.3) is 0 Å². The van der Waals surface area contributed by atoms with E-state index in [1.54, 1.807) is 0 Å². The Morgan fingerprint density at radius 2 is 1.47 bits per heavy atom. The van der Waals surface area contributed by atoms with Crippen LogP contribution in [0, 0.1) is 0 Å². The van der Waals surface area contributed by atoms with Crippen LogP contribution in [0.15, 0.2) is 54.6 Å². The quantitative estimate of drug-likeness (QED) is 0.623. The van der Waals surface area contributed by atoms with Crippen LogP contribution in [-0.4, -0.2) is 9.78 Å². The Kier molecular flexibility index (Phi) is 2.67. The molecule has 0 saturated carbocycles. The van der Waals surface area contributed by atoms with Crippen LogP contribution in [0.3, 0.4) is 0 Å². The number of nitrogens with zero attached hydrogens (tertiary/aromatic N) is 2. The molecule has 96 valence electrons. The lowest BCUT2D eigenvalue weighted by Crippen LogP contribution is -2.23. The predicted molar refractivity (Wildman–Crippen MR) is 80.2 cm³/mol. The molecule has 0 aliphatic carbocycles. The van der Waals surface area contributed by atoms with Gasteiger partial charge in [-0.3, -0.25) is 4.68 Å². The summed E-state index contributed by atoms with van der Waals surface area (Å²) in [7, 11) is 0. The summed E-state index contributed by atoms with van der Waals surface area (Å²) in [5, 5.41) is 5.99. The summed E-state index contributed by atoms with van der Waals surface area (Å²) in [5.74, 6) is 0. The van der Waals surface area contributed by atoms with Crippen LogP contribution >= 0.6 is 0 Å². The van der Waals surface area contributed by atoms with E-state index in [0.717, 1.165) is 5.52 Å². The van der Waals surface area contributed by atoms with Crippen molar-refractivity contribution in [2.24, 2.45) is 0 Å². The molecule has 0 atom stereocenters. The minimum Gasteiger partial charge on any atom is -0.258 e. The van der Waals surface area contributed by atoms with Crippen LogP contribution in [0.25, 0.3) is 22.2 Å². The molecule has 0 spiro atoms. The standard InChI is InChI=1S/C17H18N2/c1-17(2,3)19-16(13-9-5-4-6-10-13)14-11-7-8-12-15(14)18-19/h4-12H,1-3H3. The highest BCUT2D eigenvalue weighted by atomic mass is 15.3. The van der Waals surface area contributed by atoms with Crippen molar-refractivity contribution in [2.75, 3.05) is 0 Å². The normalized spacial score (nSPS) is 11.9. The lowest BCUT2D eigenvalue weighted by molar-refractivity contribution is 0.363. The maximum atomic E-state index is 4.78. The van der Waals surface area contributed by atoms with Crippen molar-refractivity contribution < 1.29 is 0 Å². The Morgan fingerprint density at radius 1 is 0.842 bits per heavy atom. The van der Waals surface area contributed by atoms with E-state index in [0.29, 0.717) is 0 Å². The van der Waals surface area contributed by atoms with Gasteiger partial charge in [-0.25, -0.2) is 0 Å². The number of benzene rings is 2. The molecule has 0 radical (unpaired) electrons. The molecule has 0 unspecified atom stereocenters. The van der Waals surface area contributed by atoms with Gasteiger partial charge < -0.3 is 0 Å². The van der Waals surface area contributed by atoms with E-state index in [1.807, 2.05) is 12.1 Å². The average molecular weight is 250 g/mol. The van der Waals surface area contributed by atoms with Crippen molar-refractivity contribution in [1.29, 1.82) is 0 Å². The molecule has 3 rings (SSSR count). The van der Waals surface area contributed by atoms with Gasteiger partial charge in [0.1, 0.15) is 0 Å². The van der Waals surface area contributed by atoms with Crippen LogP contribution in [0.4, 0.5) is 0 Å². The molecule has 0 N–H and O–H groups in total. The number of hydrogen-bond donors (Lipinski definition) is 0. The zero-order chi connectivity index (χ0) is 13.5. The molecule has 0 bridgehead atoms. The molecule has 0 saturated heterocycles. The molecule has 0 aliphatic rings. The number of fused-ring (bicyclic) bond motifs is 1. The fraction of sp³-hybridized carbons (Fsp3) is 0.235. The molecule has 3 aromatic rings. The maximum Gasteiger partial charge on any atom is 0.0930 e. The lowest BCUT2D eigenvalue weighted by atomic mass is 10.0. The summed E-state index contributed by atoms with van der Waals surface area (Å²) >= 11 is 0. The number of rotatable bonds is 1. The molecule has 2 heteroatoms. The van der Waals surface area contributed by atoms with Gasteiger partial charge in [-0.2, -0.15) is 5.10 Å². The van der Waals surface area contributed by atoms with Gasteiger partial charge in [0, 0.05) is 10.9 Å². The van der Waals surface area contributed by atoms with Crippen molar-refractivity contribution in [2.45, 2.75) is 26.3 Å². The van der Waals surface area contributed by atoms with Crippen LogP contribution in [0.1, 0.15) is 20.8 Å². The van der Waals surface area contributed by atoms with E-state index in [-0.39, 0.29) is 5.54 Å². The smallest absolute Gasteiger partial charge is 0.0930 e. The van der Waals surface area contributed by atoms with E-state index in [2.05, 4.69) is 67.9 Å². The second-order valence-electron chi connectivity index (χ2n) is 5.81. The molecule has 19 heavy (non-hydrogen) atoms. The van der Waals surface area contributed by atoms with Crippen molar-refractivity contribution in [3.63, 3.8) is 0 Å². The fourth-order valence-electron chi connectivity index (χ4n) is 2.39. The summed E-state index contributed by atoms with van der Waals surface area (Å²) in [6.45, 7) is 6.56. The monoisotopic (exact) mass is 250 g/mol. The molecular formula is C17H18N2. The van der Waals surface area contributed by atoms with Crippen molar-refractivity contribution in [3.8, 4) is 11.3 Å². The molecule has 0 aliphatic heterocycles. The number of hydrogen-bond acceptors (Lipinski definition) is 1. The van der Waals surface area contributed by atoms with E-state index < -0.39 is 0 Å². The third kappa shape index (κ3) is 2.03. The van der Waals surface area contributed by atoms with Gasteiger partial charge in [0.2, 0.25) is 0 Å². The minimum atomic E-state index is -0.0375. The number of aromatic nitrogens is 2. The summed E-state index contributed by atoms with van der Waals surface area (Å²) in [6.07, 6.45) is 0. The summed E-state index contributed by atoms with van der Waals surface area (Å²) in [4.78, 5) is 0. The van der Waals surface area contributed by atoms with Gasteiger partial charge >= 0.3 is 0 Å². The third-order valence-electron chi connectivity index (χ3n) is 3.26. The molecule has 2 aromatic carbocycles. The average Bonchev–Trinajstić information content (AvgIpc) is 2.79. The summed E-state index contributed by atoms with van der Waals surface area (Å²) < 4.78 is 2.13. The first-order valence-corrected chi connectivity index (χ1v) is 6.61. The molecule has 1 aromatic heterocycles. The predicted octanol–water partition coefficient (Wildman–Crippen LogP) is 4.46. The van der Waals surface area contributed by atoms with Crippen LogP contribution in [-0.2, 0) is 5.54 Å². The van der Waals surface area contributed by atoms with Gasteiger partial charge in [0.05, 0.1) is 16.7 Å². The Hall–Kier alpha value is -2.09. The van der Waals surface area contributed by atoms with E-state index in [4.69, 9.17) is 5.10 Å². The zero-order valence-corrected chi connectivity index (χ0v) is 11.6. The Morgan fingerprint density at radius 3 is 2.16 bits per heavy atom.